The van der Waals surface area contributed by atoms with E-state index in [1.54, 1.807) is 13.0 Å². The number of benzene rings is 1. The second kappa shape index (κ2) is 5.50. The van der Waals surface area contributed by atoms with Crippen LogP contribution in [-0.2, 0) is 6.54 Å². The van der Waals surface area contributed by atoms with Crippen LogP contribution in [-0.4, -0.2) is 17.3 Å². The number of hydrogen-bond acceptors (Lipinski definition) is 3. The Hall–Kier alpha value is -1.37. The van der Waals surface area contributed by atoms with Gasteiger partial charge in [-0.2, -0.15) is 5.26 Å². The van der Waals surface area contributed by atoms with Crippen LogP contribution < -0.4 is 5.32 Å². The molecule has 2 atom stereocenters. The molecule has 0 saturated carbocycles. The van der Waals surface area contributed by atoms with Crippen LogP contribution in [0.2, 0.25) is 0 Å². The molecule has 1 aromatic carbocycles. The first-order chi connectivity index (χ1) is 7.13. The highest BCUT2D eigenvalue weighted by atomic mass is 16.3. The molecule has 0 saturated heterocycles. The zero-order chi connectivity index (χ0) is 11.3. The Labute approximate surface area is 90.4 Å². The van der Waals surface area contributed by atoms with Crippen molar-refractivity contribution in [2.75, 3.05) is 0 Å². The van der Waals surface area contributed by atoms with Gasteiger partial charge in [0.1, 0.15) is 0 Å². The summed E-state index contributed by atoms with van der Waals surface area (Å²) < 4.78 is 0. The Bertz CT molecular complexity index is 355. The fraction of sp³-hybridized carbons (Fsp3) is 0.417. The van der Waals surface area contributed by atoms with E-state index in [9.17, 15) is 5.11 Å². The normalized spacial score (nSPS) is 14.3. The summed E-state index contributed by atoms with van der Waals surface area (Å²) in [6.45, 7) is 4.35. The molecule has 0 aliphatic heterocycles. The zero-order valence-electron chi connectivity index (χ0n) is 9.07. The third kappa shape index (κ3) is 3.70. The Morgan fingerprint density at radius 1 is 1.47 bits per heavy atom. The lowest BCUT2D eigenvalue weighted by atomic mass is 10.1. The van der Waals surface area contributed by atoms with Gasteiger partial charge in [0.25, 0.3) is 0 Å². The highest BCUT2D eigenvalue weighted by molar-refractivity contribution is 5.32. The third-order valence-corrected chi connectivity index (χ3v) is 2.41. The van der Waals surface area contributed by atoms with Crippen molar-refractivity contribution in [2.24, 2.45) is 0 Å². The lowest BCUT2D eigenvalue weighted by Gasteiger charge is -2.16. The highest BCUT2D eigenvalue weighted by Gasteiger charge is 2.07. The van der Waals surface area contributed by atoms with Crippen molar-refractivity contribution in [2.45, 2.75) is 32.5 Å². The molecular weight excluding hydrogens is 188 g/mol. The standard InChI is InChI=1S/C12H16N2O/c1-9(10(2)15)14-8-12-5-3-4-11(6-12)7-13/h3-6,9-10,14-15H,8H2,1-2H3. The second-order valence-electron chi connectivity index (χ2n) is 3.72. The molecule has 80 valence electrons. The van der Waals surface area contributed by atoms with Gasteiger partial charge in [0.2, 0.25) is 0 Å². The van der Waals surface area contributed by atoms with Gasteiger partial charge in [-0.3, -0.25) is 0 Å². The van der Waals surface area contributed by atoms with Crippen LogP contribution in [0.25, 0.3) is 0 Å². The number of nitrogens with one attached hydrogen (secondary N) is 1. The zero-order valence-corrected chi connectivity index (χ0v) is 9.07. The van der Waals surface area contributed by atoms with E-state index in [2.05, 4.69) is 11.4 Å². The van der Waals surface area contributed by atoms with Gasteiger partial charge in [0.05, 0.1) is 17.7 Å². The molecule has 0 aromatic heterocycles. The molecule has 2 unspecified atom stereocenters. The topological polar surface area (TPSA) is 56.0 Å². The number of nitrogens with zero attached hydrogens (tertiary/aromatic N) is 1. The van der Waals surface area contributed by atoms with E-state index in [1.165, 1.54) is 0 Å². The van der Waals surface area contributed by atoms with E-state index in [-0.39, 0.29) is 12.1 Å². The molecule has 0 fully saturated rings. The average Bonchev–Trinajstić information content (AvgIpc) is 2.26. The van der Waals surface area contributed by atoms with Crippen molar-refractivity contribution in [1.29, 1.82) is 5.26 Å². The molecule has 0 spiro atoms. The van der Waals surface area contributed by atoms with Crippen LogP contribution in [0.3, 0.4) is 0 Å². The van der Waals surface area contributed by atoms with Gasteiger partial charge < -0.3 is 10.4 Å². The van der Waals surface area contributed by atoms with Crippen molar-refractivity contribution < 1.29 is 5.11 Å². The van der Waals surface area contributed by atoms with Gasteiger partial charge in [-0.15, -0.1) is 0 Å². The number of hydrogen-bond donors (Lipinski definition) is 2. The average molecular weight is 204 g/mol. The first-order valence-electron chi connectivity index (χ1n) is 5.04. The van der Waals surface area contributed by atoms with Crippen LogP contribution in [0.1, 0.15) is 25.0 Å². The predicted molar refractivity (Wildman–Crippen MR) is 59.1 cm³/mol. The van der Waals surface area contributed by atoms with Crippen molar-refractivity contribution in [3.05, 3.63) is 35.4 Å². The number of aliphatic hydroxyl groups excluding tert-OH is 1. The van der Waals surface area contributed by atoms with E-state index >= 15 is 0 Å². The van der Waals surface area contributed by atoms with Crippen molar-refractivity contribution in [1.82, 2.24) is 5.32 Å². The maximum Gasteiger partial charge on any atom is 0.0991 e. The lowest BCUT2D eigenvalue weighted by molar-refractivity contribution is 0.152. The molecule has 0 aliphatic rings. The molecular formula is C12H16N2O. The predicted octanol–water partition coefficient (Wildman–Crippen LogP) is 1.42. The molecule has 0 amide bonds. The molecule has 0 radical (unpaired) electrons. The first-order valence-corrected chi connectivity index (χ1v) is 5.04. The SMILES string of the molecule is CC(O)C(C)NCc1cccc(C#N)c1. The minimum absolute atomic E-state index is 0.0516. The van der Waals surface area contributed by atoms with E-state index in [4.69, 9.17) is 5.26 Å². The summed E-state index contributed by atoms with van der Waals surface area (Å²) in [5.41, 5.74) is 1.72. The first kappa shape index (κ1) is 11.7. The van der Waals surface area contributed by atoms with Crippen molar-refractivity contribution >= 4 is 0 Å². The molecule has 0 aliphatic carbocycles. The van der Waals surface area contributed by atoms with Gasteiger partial charge in [-0.1, -0.05) is 12.1 Å². The quantitative estimate of drug-likeness (QED) is 0.779. The summed E-state index contributed by atoms with van der Waals surface area (Å²) in [7, 11) is 0. The van der Waals surface area contributed by atoms with Gasteiger partial charge in [0, 0.05) is 12.6 Å². The Kier molecular flexibility index (Phi) is 4.29. The Balaban J connectivity index is 2.55. The van der Waals surface area contributed by atoms with Crippen LogP contribution >= 0.6 is 0 Å². The summed E-state index contributed by atoms with van der Waals surface area (Å²) in [5.74, 6) is 0. The van der Waals surface area contributed by atoms with Crippen molar-refractivity contribution in [3.63, 3.8) is 0 Å². The lowest BCUT2D eigenvalue weighted by Crippen LogP contribution is -2.34. The molecule has 1 aromatic rings. The van der Waals surface area contributed by atoms with Gasteiger partial charge in [0.15, 0.2) is 0 Å². The van der Waals surface area contributed by atoms with Crippen LogP contribution in [0.15, 0.2) is 24.3 Å². The molecule has 3 heteroatoms. The minimum Gasteiger partial charge on any atom is -0.392 e. The highest BCUT2D eigenvalue weighted by Crippen LogP contribution is 2.04. The van der Waals surface area contributed by atoms with Crippen LogP contribution in [0, 0.1) is 11.3 Å². The fourth-order valence-corrected chi connectivity index (χ4v) is 1.20. The van der Waals surface area contributed by atoms with Gasteiger partial charge >= 0.3 is 0 Å². The molecule has 1 rings (SSSR count). The summed E-state index contributed by atoms with van der Waals surface area (Å²) in [5, 5.41) is 21.2. The maximum absolute atomic E-state index is 9.28. The number of nitriles is 1. The Morgan fingerprint density at radius 3 is 2.80 bits per heavy atom. The minimum atomic E-state index is -0.371. The van der Waals surface area contributed by atoms with E-state index in [0.717, 1.165) is 5.56 Å². The maximum atomic E-state index is 9.28. The molecule has 2 N–H and O–H groups in total. The van der Waals surface area contributed by atoms with E-state index in [1.807, 2.05) is 25.1 Å². The van der Waals surface area contributed by atoms with Gasteiger partial charge in [-0.05, 0) is 31.5 Å². The van der Waals surface area contributed by atoms with Gasteiger partial charge in [-0.25, -0.2) is 0 Å². The third-order valence-electron chi connectivity index (χ3n) is 2.41. The summed E-state index contributed by atoms with van der Waals surface area (Å²) in [6.07, 6.45) is -0.371. The summed E-state index contributed by atoms with van der Waals surface area (Å²) in [6, 6.07) is 9.61. The van der Waals surface area contributed by atoms with Crippen LogP contribution in [0.5, 0.6) is 0 Å². The monoisotopic (exact) mass is 204 g/mol. The summed E-state index contributed by atoms with van der Waals surface area (Å²) in [4.78, 5) is 0. The fourth-order valence-electron chi connectivity index (χ4n) is 1.20. The molecule has 0 bridgehead atoms. The van der Waals surface area contributed by atoms with Crippen LogP contribution in [0.4, 0.5) is 0 Å². The molecule has 3 nitrogen and oxygen atoms in total. The summed E-state index contributed by atoms with van der Waals surface area (Å²) >= 11 is 0. The molecule has 15 heavy (non-hydrogen) atoms. The largest absolute Gasteiger partial charge is 0.392 e. The number of aliphatic hydroxyl groups is 1. The van der Waals surface area contributed by atoms with E-state index < -0.39 is 0 Å². The van der Waals surface area contributed by atoms with Crippen molar-refractivity contribution in [3.8, 4) is 6.07 Å². The second-order valence-corrected chi connectivity index (χ2v) is 3.72. The smallest absolute Gasteiger partial charge is 0.0991 e. The van der Waals surface area contributed by atoms with E-state index in [0.29, 0.717) is 12.1 Å². The molecule has 0 heterocycles. The number of rotatable bonds is 4. The Morgan fingerprint density at radius 2 is 2.20 bits per heavy atom.